The highest BCUT2D eigenvalue weighted by atomic mass is 32.2. The van der Waals surface area contributed by atoms with E-state index >= 15 is 0 Å². The molecule has 1 aliphatic rings. The Morgan fingerprint density at radius 1 is 1.35 bits per heavy atom. The van der Waals surface area contributed by atoms with Crippen LogP contribution in [0, 0.1) is 0 Å². The number of benzene rings is 1. The standard InChI is InChI=1S/C14H12N2O3S/c17-11-7-12(16-13(15-11)8-5-6-8)20-10-4-2-1-3-9(10)14(18)19/h1-4,7-8H,5-6H2,(H,18,19)(H,15,16,17). The van der Waals surface area contributed by atoms with Crippen molar-refractivity contribution >= 4 is 17.7 Å². The van der Waals surface area contributed by atoms with Gasteiger partial charge in [0, 0.05) is 16.9 Å². The smallest absolute Gasteiger partial charge is 0.336 e. The number of hydrogen-bond acceptors (Lipinski definition) is 4. The number of aromatic amines is 1. The van der Waals surface area contributed by atoms with Crippen LogP contribution in [-0.4, -0.2) is 21.0 Å². The van der Waals surface area contributed by atoms with E-state index in [2.05, 4.69) is 9.97 Å². The summed E-state index contributed by atoms with van der Waals surface area (Å²) in [4.78, 5) is 30.5. The number of carboxylic acid groups (broad SMARTS) is 1. The highest BCUT2D eigenvalue weighted by Gasteiger charge is 2.26. The first-order valence-electron chi connectivity index (χ1n) is 6.25. The average molecular weight is 288 g/mol. The van der Waals surface area contributed by atoms with Crippen molar-refractivity contribution in [2.45, 2.75) is 28.7 Å². The molecular formula is C14H12N2O3S. The van der Waals surface area contributed by atoms with Crippen LogP contribution in [0.3, 0.4) is 0 Å². The lowest BCUT2D eigenvalue weighted by atomic mass is 10.2. The fourth-order valence-corrected chi connectivity index (χ4v) is 2.85. The van der Waals surface area contributed by atoms with E-state index in [4.69, 9.17) is 5.11 Å². The lowest BCUT2D eigenvalue weighted by molar-refractivity contribution is 0.0693. The fourth-order valence-electron chi connectivity index (χ4n) is 1.90. The molecule has 2 aromatic rings. The van der Waals surface area contributed by atoms with Crippen LogP contribution in [0.2, 0.25) is 0 Å². The molecule has 0 bridgehead atoms. The van der Waals surface area contributed by atoms with E-state index in [1.54, 1.807) is 24.3 Å². The molecule has 5 nitrogen and oxygen atoms in total. The molecule has 0 unspecified atom stereocenters. The quantitative estimate of drug-likeness (QED) is 0.845. The molecule has 6 heteroatoms. The predicted octanol–water partition coefficient (Wildman–Crippen LogP) is 2.50. The van der Waals surface area contributed by atoms with E-state index in [0.717, 1.165) is 12.8 Å². The number of carbonyl (C=O) groups is 1. The van der Waals surface area contributed by atoms with Gasteiger partial charge in [0.15, 0.2) is 0 Å². The molecule has 0 saturated heterocycles. The molecule has 0 atom stereocenters. The average Bonchev–Trinajstić information content (AvgIpc) is 3.22. The number of H-pyrrole nitrogens is 1. The number of aromatic carboxylic acids is 1. The van der Waals surface area contributed by atoms with Gasteiger partial charge in [0.25, 0.3) is 5.56 Å². The number of carboxylic acids is 1. The second-order valence-corrected chi connectivity index (χ2v) is 5.71. The summed E-state index contributed by atoms with van der Waals surface area (Å²) in [6.07, 6.45) is 2.09. The first-order valence-corrected chi connectivity index (χ1v) is 7.06. The molecule has 1 aromatic heterocycles. The van der Waals surface area contributed by atoms with Crippen LogP contribution >= 0.6 is 11.8 Å². The van der Waals surface area contributed by atoms with Gasteiger partial charge in [-0.25, -0.2) is 9.78 Å². The Labute approximate surface area is 119 Å². The van der Waals surface area contributed by atoms with E-state index in [-0.39, 0.29) is 11.1 Å². The first-order chi connectivity index (χ1) is 9.63. The lowest BCUT2D eigenvalue weighted by Gasteiger charge is -2.06. The number of nitrogens with one attached hydrogen (secondary N) is 1. The van der Waals surface area contributed by atoms with E-state index in [9.17, 15) is 9.59 Å². The van der Waals surface area contributed by atoms with Crippen molar-refractivity contribution in [3.8, 4) is 0 Å². The molecule has 1 aromatic carbocycles. The first kappa shape index (κ1) is 12.9. The van der Waals surface area contributed by atoms with Crippen molar-refractivity contribution in [1.29, 1.82) is 0 Å². The minimum Gasteiger partial charge on any atom is -0.478 e. The van der Waals surface area contributed by atoms with Gasteiger partial charge >= 0.3 is 5.97 Å². The normalized spacial score (nSPS) is 14.2. The van der Waals surface area contributed by atoms with Gasteiger partial charge in [0.2, 0.25) is 0 Å². The van der Waals surface area contributed by atoms with Gasteiger partial charge in [-0.2, -0.15) is 0 Å². The molecule has 0 aliphatic heterocycles. The molecular weight excluding hydrogens is 276 g/mol. The molecule has 0 spiro atoms. The van der Waals surface area contributed by atoms with Crippen LogP contribution in [0.1, 0.15) is 34.9 Å². The maximum Gasteiger partial charge on any atom is 0.336 e. The summed E-state index contributed by atoms with van der Waals surface area (Å²) in [6.45, 7) is 0. The van der Waals surface area contributed by atoms with Crippen molar-refractivity contribution in [2.24, 2.45) is 0 Å². The molecule has 1 fully saturated rings. The molecule has 102 valence electrons. The Morgan fingerprint density at radius 3 is 2.80 bits per heavy atom. The zero-order valence-corrected chi connectivity index (χ0v) is 11.3. The van der Waals surface area contributed by atoms with Crippen LogP contribution in [-0.2, 0) is 0 Å². The minimum atomic E-state index is -0.986. The van der Waals surface area contributed by atoms with Crippen LogP contribution in [0.15, 0.2) is 45.0 Å². The van der Waals surface area contributed by atoms with Crippen molar-refractivity contribution in [3.63, 3.8) is 0 Å². The summed E-state index contributed by atoms with van der Waals surface area (Å²) >= 11 is 1.20. The molecule has 1 aliphatic carbocycles. The third kappa shape index (κ3) is 2.75. The van der Waals surface area contributed by atoms with E-state index in [1.165, 1.54) is 17.8 Å². The van der Waals surface area contributed by atoms with Crippen LogP contribution in [0.25, 0.3) is 0 Å². The lowest BCUT2D eigenvalue weighted by Crippen LogP contribution is -2.10. The summed E-state index contributed by atoms with van der Waals surface area (Å²) in [5.41, 5.74) is 0.0183. The molecule has 0 amide bonds. The monoisotopic (exact) mass is 288 g/mol. The molecule has 20 heavy (non-hydrogen) atoms. The number of hydrogen-bond donors (Lipinski definition) is 2. The van der Waals surface area contributed by atoms with Gasteiger partial charge in [-0.3, -0.25) is 4.79 Å². The molecule has 2 N–H and O–H groups in total. The third-order valence-electron chi connectivity index (χ3n) is 3.03. The SMILES string of the molecule is O=C(O)c1ccccc1Sc1cc(=O)[nH]c(C2CC2)n1. The van der Waals surface area contributed by atoms with E-state index in [1.807, 2.05) is 0 Å². The van der Waals surface area contributed by atoms with Gasteiger partial charge in [-0.1, -0.05) is 23.9 Å². The summed E-state index contributed by atoms with van der Waals surface area (Å²) in [5, 5.41) is 9.68. The maximum atomic E-state index is 11.6. The Bertz CT molecular complexity index is 722. The topological polar surface area (TPSA) is 83.0 Å². The number of aromatic nitrogens is 2. The molecule has 1 saturated carbocycles. The summed E-state index contributed by atoms with van der Waals surface area (Å²) in [5.74, 6) is 0.0612. The highest BCUT2D eigenvalue weighted by molar-refractivity contribution is 7.99. The van der Waals surface area contributed by atoms with Gasteiger partial charge in [0.1, 0.15) is 10.9 Å². The highest BCUT2D eigenvalue weighted by Crippen LogP contribution is 2.38. The van der Waals surface area contributed by atoms with Crippen molar-refractivity contribution in [1.82, 2.24) is 9.97 Å². The Balaban J connectivity index is 1.95. The van der Waals surface area contributed by atoms with Gasteiger partial charge in [-0.15, -0.1) is 0 Å². The van der Waals surface area contributed by atoms with Crippen molar-refractivity contribution in [2.75, 3.05) is 0 Å². The van der Waals surface area contributed by atoms with E-state index < -0.39 is 5.97 Å². The minimum absolute atomic E-state index is 0.197. The van der Waals surface area contributed by atoms with Crippen molar-refractivity contribution < 1.29 is 9.90 Å². The largest absolute Gasteiger partial charge is 0.478 e. The van der Waals surface area contributed by atoms with Crippen molar-refractivity contribution in [3.05, 3.63) is 52.1 Å². The van der Waals surface area contributed by atoms with E-state index in [0.29, 0.717) is 21.7 Å². The summed E-state index contributed by atoms with van der Waals surface area (Å²) < 4.78 is 0. The summed E-state index contributed by atoms with van der Waals surface area (Å²) in [7, 11) is 0. The van der Waals surface area contributed by atoms with Gasteiger partial charge in [0.05, 0.1) is 5.56 Å². The molecule has 1 heterocycles. The fraction of sp³-hybridized carbons (Fsp3) is 0.214. The Morgan fingerprint density at radius 2 is 2.10 bits per heavy atom. The third-order valence-corrected chi connectivity index (χ3v) is 4.03. The number of nitrogens with zero attached hydrogens (tertiary/aromatic N) is 1. The summed E-state index contributed by atoms with van der Waals surface area (Å²) in [6, 6.07) is 8.10. The zero-order chi connectivity index (χ0) is 14.1. The molecule has 0 radical (unpaired) electrons. The van der Waals surface area contributed by atoms with Gasteiger partial charge in [-0.05, 0) is 25.0 Å². The van der Waals surface area contributed by atoms with Crippen LogP contribution in [0.4, 0.5) is 0 Å². The van der Waals surface area contributed by atoms with Crippen LogP contribution < -0.4 is 5.56 Å². The van der Waals surface area contributed by atoms with Crippen LogP contribution in [0.5, 0.6) is 0 Å². The van der Waals surface area contributed by atoms with Gasteiger partial charge < -0.3 is 10.1 Å². The maximum absolute atomic E-state index is 11.6. The molecule has 3 rings (SSSR count). The number of rotatable bonds is 4. The second kappa shape index (κ2) is 5.13. The Hall–Kier alpha value is -2.08. The Kier molecular flexibility index (Phi) is 3.31. The second-order valence-electron chi connectivity index (χ2n) is 4.65. The predicted molar refractivity (Wildman–Crippen MR) is 74.4 cm³/mol. The zero-order valence-electron chi connectivity index (χ0n) is 10.5.